The van der Waals surface area contributed by atoms with Gasteiger partial charge in [0, 0.05) is 18.0 Å². The summed E-state index contributed by atoms with van der Waals surface area (Å²) in [5, 5.41) is 16.2. The fourth-order valence-corrected chi connectivity index (χ4v) is 2.46. The zero-order chi connectivity index (χ0) is 13.7. The van der Waals surface area contributed by atoms with Crippen molar-refractivity contribution in [1.29, 1.82) is 5.26 Å². The largest absolute Gasteiger partial charge is 0.497 e. The Morgan fingerprint density at radius 1 is 1.63 bits per heavy atom. The molecule has 98 valence electrons. The van der Waals surface area contributed by atoms with Gasteiger partial charge in [-0.2, -0.15) is 5.26 Å². The average Bonchev–Trinajstić information content (AvgIpc) is 2.82. The molecule has 0 fully saturated rings. The van der Waals surface area contributed by atoms with Gasteiger partial charge in [-0.1, -0.05) is 11.2 Å². The molecule has 19 heavy (non-hydrogen) atoms. The number of hydrogen-bond acceptors (Lipinski definition) is 4. The normalized spacial score (nSPS) is 20.2. The van der Waals surface area contributed by atoms with Crippen LogP contribution in [0.1, 0.15) is 17.5 Å². The molecule has 0 saturated carbocycles. The average molecular weight is 257 g/mol. The molecule has 0 saturated heterocycles. The first-order valence-corrected chi connectivity index (χ1v) is 6.10. The highest BCUT2D eigenvalue weighted by atomic mass is 16.5. The van der Waals surface area contributed by atoms with Crippen molar-refractivity contribution < 1.29 is 4.74 Å². The predicted molar refractivity (Wildman–Crippen MR) is 70.6 cm³/mol. The van der Waals surface area contributed by atoms with Crippen LogP contribution in [0.5, 0.6) is 5.75 Å². The van der Waals surface area contributed by atoms with Crippen molar-refractivity contribution in [1.82, 2.24) is 5.32 Å². The number of ether oxygens (including phenoxy) is 1. The number of methoxy groups -OCH3 is 1. The minimum absolute atomic E-state index is 0.333. The number of nitriles is 1. The van der Waals surface area contributed by atoms with Crippen LogP contribution in [-0.4, -0.2) is 20.2 Å². The van der Waals surface area contributed by atoms with Crippen LogP contribution in [0.25, 0.3) is 10.4 Å². The van der Waals surface area contributed by atoms with Crippen molar-refractivity contribution in [3.8, 4) is 11.8 Å². The molecule has 1 aromatic carbocycles. The van der Waals surface area contributed by atoms with Gasteiger partial charge in [-0.05, 0) is 41.6 Å². The monoisotopic (exact) mass is 257 g/mol. The zero-order valence-electron chi connectivity index (χ0n) is 10.8. The number of hydrogen-bond donors (Lipinski definition) is 1. The van der Waals surface area contributed by atoms with E-state index in [9.17, 15) is 5.26 Å². The number of nitrogens with zero attached hydrogens (tertiary/aromatic N) is 4. The van der Waals surface area contributed by atoms with Gasteiger partial charge in [0.2, 0.25) is 0 Å². The molecular formula is C13H15N5O. The van der Waals surface area contributed by atoms with Gasteiger partial charge in [0.1, 0.15) is 11.3 Å². The quantitative estimate of drug-likeness (QED) is 0.379. The van der Waals surface area contributed by atoms with Crippen LogP contribution in [-0.2, 0) is 12.0 Å². The highest BCUT2D eigenvalue weighted by Gasteiger charge is 2.38. The third-order valence-electron chi connectivity index (χ3n) is 3.44. The summed E-state index contributed by atoms with van der Waals surface area (Å²) in [7, 11) is 1.61. The molecule has 6 nitrogen and oxygen atoms in total. The van der Waals surface area contributed by atoms with Crippen molar-refractivity contribution in [3.05, 3.63) is 39.8 Å². The summed E-state index contributed by atoms with van der Waals surface area (Å²) >= 11 is 0. The highest BCUT2D eigenvalue weighted by Crippen LogP contribution is 2.38. The third kappa shape index (κ3) is 2.48. The number of fused-ring (bicyclic) bond motifs is 1. The van der Waals surface area contributed by atoms with E-state index in [1.54, 1.807) is 7.11 Å². The van der Waals surface area contributed by atoms with Crippen molar-refractivity contribution in [2.75, 3.05) is 20.2 Å². The first-order chi connectivity index (χ1) is 9.25. The second kappa shape index (κ2) is 5.61. The standard InChI is InChI=1S/C13H15N5O/c1-19-11-3-2-10-4-5-13(9-14,12(10)8-11)16-6-7-17-18-15/h2-3,8,16H,4-7H2,1H3. The van der Waals surface area contributed by atoms with E-state index in [1.807, 2.05) is 18.2 Å². The number of azide groups is 1. The predicted octanol–water partition coefficient (Wildman–Crippen LogP) is 2.26. The van der Waals surface area contributed by atoms with E-state index in [1.165, 1.54) is 5.56 Å². The van der Waals surface area contributed by atoms with Gasteiger partial charge in [0.05, 0.1) is 13.2 Å². The Morgan fingerprint density at radius 3 is 3.16 bits per heavy atom. The van der Waals surface area contributed by atoms with Crippen LogP contribution in [0, 0.1) is 11.3 Å². The SMILES string of the molecule is COc1ccc2c(c1)C(C#N)(NCCN=[N+]=[N-])CC2. The van der Waals surface area contributed by atoms with E-state index in [0.717, 1.165) is 24.2 Å². The fraction of sp³-hybridized carbons (Fsp3) is 0.462. The summed E-state index contributed by atoms with van der Waals surface area (Å²) in [5.41, 5.74) is 9.69. The molecule has 0 radical (unpaired) electrons. The molecule has 0 amide bonds. The smallest absolute Gasteiger partial charge is 0.133 e. The Labute approximate surface area is 111 Å². The van der Waals surface area contributed by atoms with Crippen LogP contribution < -0.4 is 10.1 Å². The maximum absolute atomic E-state index is 9.53. The Balaban J connectivity index is 2.25. The van der Waals surface area contributed by atoms with Crippen molar-refractivity contribution in [3.63, 3.8) is 0 Å². The van der Waals surface area contributed by atoms with E-state index in [0.29, 0.717) is 13.1 Å². The topological polar surface area (TPSA) is 93.8 Å². The molecule has 2 rings (SSSR count). The number of aryl methyl sites for hydroxylation is 1. The molecule has 1 unspecified atom stereocenters. The van der Waals surface area contributed by atoms with Gasteiger partial charge in [0.25, 0.3) is 0 Å². The molecule has 1 aliphatic rings. The van der Waals surface area contributed by atoms with E-state index >= 15 is 0 Å². The van der Waals surface area contributed by atoms with E-state index in [2.05, 4.69) is 21.4 Å². The lowest BCUT2D eigenvalue weighted by atomic mass is 9.93. The molecule has 1 aliphatic carbocycles. The van der Waals surface area contributed by atoms with Gasteiger partial charge in [-0.15, -0.1) is 0 Å². The molecule has 1 atom stereocenters. The molecule has 0 heterocycles. The molecule has 0 bridgehead atoms. The lowest BCUT2D eigenvalue weighted by Gasteiger charge is -2.24. The summed E-state index contributed by atoms with van der Waals surface area (Å²) in [4.78, 5) is 2.70. The Bertz CT molecular complexity index is 559. The molecule has 1 aromatic rings. The molecule has 0 aromatic heterocycles. The maximum atomic E-state index is 9.53. The molecular weight excluding hydrogens is 242 g/mol. The van der Waals surface area contributed by atoms with Crippen LogP contribution in [0.2, 0.25) is 0 Å². The number of nitrogens with one attached hydrogen (secondary N) is 1. The molecule has 0 aliphatic heterocycles. The zero-order valence-corrected chi connectivity index (χ0v) is 10.8. The van der Waals surface area contributed by atoms with E-state index < -0.39 is 5.54 Å². The van der Waals surface area contributed by atoms with Crippen molar-refractivity contribution in [2.24, 2.45) is 5.11 Å². The molecule has 1 N–H and O–H groups in total. The molecule has 6 heteroatoms. The van der Waals surface area contributed by atoms with Crippen LogP contribution >= 0.6 is 0 Å². The first kappa shape index (κ1) is 13.2. The summed E-state index contributed by atoms with van der Waals surface area (Å²) < 4.78 is 5.22. The second-order valence-corrected chi connectivity index (χ2v) is 4.42. The number of benzene rings is 1. The summed E-state index contributed by atoms with van der Waals surface area (Å²) in [6, 6.07) is 8.18. The van der Waals surface area contributed by atoms with Gasteiger partial charge in [-0.3, -0.25) is 5.32 Å². The molecule has 0 spiro atoms. The van der Waals surface area contributed by atoms with Crippen LogP contribution in [0.15, 0.2) is 23.3 Å². The van der Waals surface area contributed by atoms with Crippen LogP contribution in [0.3, 0.4) is 0 Å². The third-order valence-corrected chi connectivity index (χ3v) is 3.44. The number of rotatable bonds is 5. The van der Waals surface area contributed by atoms with Gasteiger partial charge < -0.3 is 4.74 Å². The van der Waals surface area contributed by atoms with Gasteiger partial charge >= 0.3 is 0 Å². The minimum atomic E-state index is -0.700. The lowest BCUT2D eigenvalue weighted by Crippen LogP contribution is -2.40. The van der Waals surface area contributed by atoms with Gasteiger partial charge in [0.15, 0.2) is 0 Å². The first-order valence-electron chi connectivity index (χ1n) is 6.10. The fourth-order valence-electron chi connectivity index (χ4n) is 2.46. The van der Waals surface area contributed by atoms with Gasteiger partial charge in [-0.25, -0.2) is 0 Å². The Hall–Kier alpha value is -2.22. The minimum Gasteiger partial charge on any atom is -0.497 e. The Kier molecular flexibility index (Phi) is 3.91. The summed E-state index contributed by atoms with van der Waals surface area (Å²) in [6.45, 7) is 0.813. The summed E-state index contributed by atoms with van der Waals surface area (Å²) in [6.07, 6.45) is 1.59. The second-order valence-electron chi connectivity index (χ2n) is 4.42. The summed E-state index contributed by atoms with van der Waals surface area (Å²) in [5.74, 6) is 0.747. The maximum Gasteiger partial charge on any atom is 0.133 e. The van der Waals surface area contributed by atoms with E-state index in [-0.39, 0.29) is 0 Å². The van der Waals surface area contributed by atoms with Crippen molar-refractivity contribution >= 4 is 0 Å². The lowest BCUT2D eigenvalue weighted by molar-refractivity contribution is 0.407. The van der Waals surface area contributed by atoms with Crippen molar-refractivity contribution in [2.45, 2.75) is 18.4 Å². The Morgan fingerprint density at radius 2 is 2.47 bits per heavy atom. The highest BCUT2D eigenvalue weighted by molar-refractivity contribution is 5.47. The van der Waals surface area contributed by atoms with E-state index in [4.69, 9.17) is 10.3 Å². The van der Waals surface area contributed by atoms with Crippen LogP contribution in [0.4, 0.5) is 0 Å².